The van der Waals surface area contributed by atoms with Gasteiger partial charge in [0, 0.05) is 23.4 Å². The third-order valence-electron chi connectivity index (χ3n) is 2.33. The fourth-order valence-electron chi connectivity index (χ4n) is 1.40. The summed E-state index contributed by atoms with van der Waals surface area (Å²) >= 11 is 0. The number of pyridine rings is 1. The molecular formula is C14H13ClN2O. The van der Waals surface area contributed by atoms with Gasteiger partial charge in [-0.15, -0.1) is 0 Å². The Kier molecular flexibility index (Phi) is 5.08. The van der Waals surface area contributed by atoms with Crippen LogP contribution >= 0.6 is 0 Å². The van der Waals surface area contributed by atoms with Gasteiger partial charge in [-0.05, 0) is 0 Å². The molecule has 4 heteroatoms. The first-order chi connectivity index (χ1) is 8.25. The number of carbonyl (C=O) groups excluding carboxylic acids is 1. The van der Waals surface area contributed by atoms with Crippen LogP contribution in [0, 0.1) is 0 Å². The maximum Gasteiger partial charge on any atom is 0.191 e. The lowest BCUT2D eigenvalue weighted by molar-refractivity contribution is -0.568. The number of hydrogen-bond acceptors (Lipinski definition) is 2. The number of ketones is 1. The molecule has 1 heterocycles. The zero-order valence-corrected chi connectivity index (χ0v) is 10.4. The molecule has 2 rings (SSSR count). The van der Waals surface area contributed by atoms with E-state index < -0.39 is 0 Å². The quantitative estimate of drug-likeness (QED) is 0.433. The highest BCUT2D eigenvalue weighted by Crippen LogP contribution is 2.00. The lowest BCUT2D eigenvalue weighted by Gasteiger charge is -1.92. The third kappa shape index (κ3) is 3.71. The van der Waals surface area contributed by atoms with Crippen molar-refractivity contribution in [1.82, 2.24) is 0 Å². The number of anilines is 1. The van der Waals surface area contributed by atoms with Gasteiger partial charge >= 0.3 is 0 Å². The number of halogens is 1. The van der Waals surface area contributed by atoms with Crippen LogP contribution < -0.4 is 22.7 Å². The average Bonchev–Trinajstić information content (AvgIpc) is 2.39. The molecule has 0 unspecified atom stereocenters. The topological polar surface area (TPSA) is 47.0 Å². The molecule has 2 N–H and O–H groups in total. The predicted molar refractivity (Wildman–Crippen MR) is 67.2 cm³/mol. The van der Waals surface area contributed by atoms with Gasteiger partial charge in [-0.1, -0.05) is 30.3 Å². The lowest BCUT2D eigenvalue weighted by atomic mass is 10.1. The average molecular weight is 261 g/mol. The Bertz CT molecular complexity index is 535. The van der Waals surface area contributed by atoms with E-state index in [4.69, 9.17) is 5.73 Å². The van der Waals surface area contributed by atoms with E-state index in [1.165, 1.54) is 6.08 Å². The first-order valence-corrected chi connectivity index (χ1v) is 5.29. The molecule has 0 spiro atoms. The van der Waals surface area contributed by atoms with E-state index in [1.54, 1.807) is 47.4 Å². The van der Waals surface area contributed by atoms with Crippen LogP contribution in [-0.4, -0.2) is 5.78 Å². The number of allylic oxidation sites excluding steroid dienone is 1. The first kappa shape index (κ1) is 13.9. The van der Waals surface area contributed by atoms with Gasteiger partial charge in [0.2, 0.25) is 0 Å². The highest BCUT2D eigenvalue weighted by molar-refractivity contribution is 6.05. The first-order valence-electron chi connectivity index (χ1n) is 5.29. The van der Waals surface area contributed by atoms with Gasteiger partial charge < -0.3 is 18.1 Å². The number of rotatable bonds is 3. The Labute approximate surface area is 112 Å². The molecule has 0 amide bonds. The molecule has 0 saturated carbocycles. The van der Waals surface area contributed by atoms with Crippen LogP contribution in [0.25, 0.3) is 6.20 Å². The Balaban J connectivity index is 0.00000162. The fourth-order valence-corrected chi connectivity index (χ4v) is 1.40. The second kappa shape index (κ2) is 6.57. The highest BCUT2D eigenvalue weighted by atomic mass is 35.5. The van der Waals surface area contributed by atoms with E-state index in [0.29, 0.717) is 11.3 Å². The summed E-state index contributed by atoms with van der Waals surface area (Å²) in [5.41, 5.74) is 6.95. The SMILES string of the molecule is Nc1cc[n+](/C=C/C(=O)c2ccccc2)cc1.[Cl-]. The van der Waals surface area contributed by atoms with Gasteiger partial charge in [0.15, 0.2) is 24.4 Å². The summed E-state index contributed by atoms with van der Waals surface area (Å²) in [4.78, 5) is 11.8. The Morgan fingerprint density at radius 1 is 1.06 bits per heavy atom. The molecular weight excluding hydrogens is 248 g/mol. The van der Waals surface area contributed by atoms with Crippen LogP contribution in [0.5, 0.6) is 0 Å². The Morgan fingerprint density at radius 3 is 2.28 bits per heavy atom. The predicted octanol–water partition coefficient (Wildman–Crippen LogP) is -1.09. The minimum Gasteiger partial charge on any atom is -1.00 e. The van der Waals surface area contributed by atoms with Gasteiger partial charge in [-0.25, -0.2) is 0 Å². The van der Waals surface area contributed by atoms with Crippen molar-refractivity contribution in [1.29, 1.82) is 0 Å². The van der Waals surface area contributed by atoms with Gasteiger partial charge in [0.25, 0.3) is 0 Å². The summed E-state index contributed by atoms with van der Waals surface area (Å²) in [6.45, 7) is 0. The van der Waals surface area contributed by atoms with E-state index in [2.05, 4.69) is 0 Å². The van der Waals surface area contributed by atoms with Gasteiger partial charge in [0.05, 0.1) is 6.08 Å². The molecule has 0 aliphatic carbocycles. The molecule has 0 radical (unpaired) electrons. The van der Waals surface area contributed by atoms with Crippen LogP contribution in [-0.2, 0) is 0 Å². The molecule has 18 heavy (non-hydrogen) atoms. The minimum absolute atomic E-state index is 0. The third-order valence-corrected chi connectivity index (χ3v) is 2.33. The van der Waals surface area contributed by atoms with Gasteiger partial charge in [-0.3, -0.25) is 4.79 Å². The largest absolute Gasteiger partial charge is 1.00 e. The zero-order chi connectivity index (χ0) is 12.1. The maximum absolute atomic E-state index is 11.8. The van der Waals surface area contributed by atoms with Crippen molar-refractivity contribution in [3.8, 4) is 0 Å². The number of nitrogen functional groups attached to an aromatic ring is 1. The Morgan fingerprint density at radius 2 is 1.67 bits per heavy atom. The number of nitrogens with two attached hydrogens (primary N) is 1. The maximum atomic E-state index is 11.8. The second-order valence-electron chi connectivity index (χ2n) is 3.62. The molecule has 1 aromatic carbocycles. The molecule has 92 valence electrons. The molecule has 0 bridgehead atoms. The van der Waals surface area contributed by atoms with Crippen LogP contribution in [0.4, 0.5) is 5.69 Å². The van der Waals surface area contributed by atoms with E-state index in [1.807, 2.05) is 18.2 Å². The molecule has 0 aliphatic heterocycles. The van der Waals surface area contributed by atoms with E-state index in [0.717, 1.165) is 0 Å². The summed E-state index contributed by atoms with van der Waals surface area (Å²) in [6, 6.07) is 12.7. The molecule has 1 aromatic heterocycles. The van der Waals surface area contributed by atoms with Crippen molar-refractivity contribution >= 4 is 17.7 Å². The van der Waals surface area contributed by atoms with Crippen LogP contribution in [0.3, 0.4) is 0 Å². The summed E-state index contributed by atoms with van der Waals surface area (Å²) < 4.78 is 1.78. The molecule has 0 atom stereocenters. The fraction of sp³-hybridized carbons (Fsp3) is 0. The number of hydrogen-bond donors (Lipinski definition) is 1. The number of carbonyl (C=O) groups is 1. The standard InChI is InChI=1S/C14H12N2O.ClH/c15-13-6-9-16(10-7-13)11-8-14(17)12-4-2-1-3-5-12;/h1-11,15H;1H/b11-8+;. The smallest absolute Gasteiger partial charge is 0.191 e. The van der Waals surface area contributed by atoms with Crippen molar-refractivity contribution in [3.05, 3.63) is 66.5 Å². The van der Waals surface area contributed by atoms with Crippen LogP contribution in [0.2, 0.25) is 0 Å². The highest BCUT2D eigenvalue weighted by Gasteiger charge is 2.01. The molecule has 2 aromatic rings. The number of aromatic nitrogens is 1. The van der Waals surface area contributed by atoms with Crippen molar-refractivity contribution in [2.75, 3.05) is 5.73 Å². The van der Waals surface area contributed by atoms with Crippen LogP contribution in [0.1, 0.15) is 10.4 Å². The molecule has 3 nitrogen and oxygen atoms in total. The van der Waals surface area contributed by atoms with Gasteiger partial charge in [-0.2, -0.15) is 4.57 Å². The molecule has 0 aliphatic rings. The number of benzene rings is 1. The zero-order valence-electron chi connectivity index (χ0n) is 9.66. The van der Waals surface area contributed by atoms with Crippen molar-refractivity contribution in [2.45, 2.75) is 0 Å². The van der Waals surface area contributed by atoms with Crippen LogP contribution in [0.15, 0.2) is 60.9 Å². The van der Waals surface area contributed by atoms with E-state index >= 15 is 0 Å². The Hall–Kier alpha value is -2.13. The molecule has 0 fully saturated rings. The minimum atomic E-state index is -0.0186. The normalized spacial score (nSPS) is 10.0. The summed E-state index contributed by atoms with van der Waals surface area (Å²) in [7, 11) is 0. The summed E-state index contributed by atoms with van der Waals surface area (Å²) in [5.74, 6) is -0.0186. The second-order valence-corrected chi connectivity index (χ2v) is 3.62. The van der Waals surface area contributed by atoms with E-state index in [-0.39, 0.29) is 18.2 Å². The summed E-state index contributed by atoms with van der Waals surface area (Å²) in [5, 5.41) is 0. The van der Waals surface area contributed by atoms with Gasteiger partial charge in [0.1, 0.15) is 0 Å². The number of nitrogens with zero attached hydrogens (tertiary/aromatic N) is 1. The molecule has 0 saturated heterocycles. The van der Waals surface area contributed by atoms with Crippen molar-refractivity contribution in [3.63, 3.8) is 0 Å². The van der Waals surface area contributed by atoms with Crippen molar-refractivity contribution in [2.24, 2.45) is 0 Å². The monoisotopic (exact) mass is 260 g/mol. The van der Waals surface area contributed by atoms with E-state index in [9.17, 15) is 4.79 Å². The van der Waals surface area contributed by atoms with Crippen molar-refractivity contribution < 1.29 is 21.8 Å². The summed E-state index contributed by atoms with van der Waals surface area (Å²) in [6.07, 6.45) is 6.83. The lowest BCUT2D eigenvalue weighted by Crippen LogP contribution is -3.00.